The lowest BCUT2D eigenvalue weighted by Crippen LogP contribution is -2.31. The lowest BCUT2D eigenvalue weighted by atomic mass is 10.1. The summed E-state index contributed by atoms with van der Waals surface area (Å²) in [6.07, 6.45) is -0.857. The molecule has 0 bridgehead atoms. The van der Waals surface area contributed by atoms with Gasteiger partial charge in [-0.25, -0.2) is 4.79 Å². The Morgan fingerprint density at radius 2 is 1.81 bits per heavy atom. The number of Topliss-reactive ketones (excluding diaryl/α,β-unsaturated/α-hetero) is 1. The van der Waals surface area contributed by atoms with E-state index in [0.29, 0.717) is 17.9 Å². The number of imidazole rings is 1. The first-order valence-corrected chi connectivity index (χ1v) is 8.61. The zero-order valence-corrected chi connectivity index (χ0v) is 14.9. The van der Waals surface area contributed by atoms with E-state index in [9.17, 15) is 14.7 Å². The molecule has 0 amide bonds. The molecule has 0 aliphatic heterocycles. The number of carbonyl (C=O) groups is 1. The van der Waals surface area contributed by atoms with Gasteiger partial charge in [-0.3, -0.25) is 13.9 Å². The summed E-state index contributed by atoms with van der Waals surface area (Å²) >= 11 is 0. The third kappa shape index (κ3) is 3.55. The molecule has 0 radical (unpaired) electrons. The van der Waals surface area contributed by atoms with Gasteiger partial charge in [-0.05, 0) is 38.1 Å². The Morgan fingerprint density at radius 3 is 2.46 bits per heavy atom. The van der Waals surface area contributed by atoms with E-state index in [2.05, 4.69) is 0 Å². The van der Waals surface area contributed by atoms with E-state index in [0.717, 1.165) is 11.0 Å². The minimum Gasteiger partial charge on any atom is -0.491 e. The maximum absolute atomic E-state index is 12.6. The van der Waals surface area contributed by atoms with Crippen LogP contribution in [0.4, 0.5) is 0 Å². The van der Waals surface area contributed by atoms with E-state index in [4.69, 9.17) is 4.74 Å². The number of hydrogen-bond donors (Lipinski definition) is 1. The second-order valence-electron chi connectivity index (χ2n) is 6.17. The molecular formula is C20H22N2O4. The Hall–Kier alpha value is -2.86. The Balaban J connectivity index is 1.75. The predicted octanol–water partition coefficient (Wildman–Crippen LogP) is 2.47. The monoisotopic (exact) mass is 354 g/mol. The summed E-state index contributed by atoms with van der Waals surface area (Å²) in [6, 6.07) is 14.3. The molecule has 26 heavy (non-hydrogen) atoms. The molecule has 1 N–H and O–H groups in total. The van der Waals surface area contributed by atoms with Gasteiger partial charge in [0.1, 0.15) is 18.5 Å². The average molecular weight is 354 g/mol. The third-order valence-corrected chi connectivity index (χ3v) is 4.32. The van der Waals surface area contributed by atoms with Crippen LogP contribution in [0.15, 0.2) is 53.3 Å². The fourth-order valence-corrected chi connectivity index (χ4v) is 3.02. The molecule has 1 atom stereocenters. The van der Waals surface area contributed by atoms with Gasteiger partial charge < -0.3 is 9.84 Å². The Bertz CT molecular complexity index is 987. The minimum atomic E-state index is -0.857. The highest BCUT2D eigenvalue weighted by Crippen LogP contribution is 2.15. The number of rotatable bonds is 7. The van der Waals surface area contributed by atoms with Crippen LogP contribution in [0.3, 0.4) is 0 Å². The number of aliphatic hydroxyl groups excluding tert-OH is 1. The van der Waals surface area contributed by atoms with Crippen molar-refractivity contribution >= 4 is 16.8 Å². The number of ether oxygens (including phenoxy) is 1. The van der Waals surface area contributed by atoms with Gasteiger partial charge in [0.05, 0.1) is 17.6 Å². The first-order chi connectivity index (χ1) is 12.5. The molecule has 0 saturated carbocycles. The topological polar surface area (TPSA) is 73.5 Å². The van der Waals surface area contributed by atoms with Gasteiger partial charge >= 0.3 is 5.69 Å². The van der Waals surface area contributed by atoms with Crippen LogP contribution in [0.5, 0.6) is 5.75 Å². The number of ketones is 1. The highest BCUT2D eigenvalue weighted by Gasteiger charge is 2.15. The maximum atomic E-state index is 12.6. The molecule has 1 heterocycles. The van der Waals surface area contributed by atoms with Gasteiger partial charge in [0.2, 0.25) is 0 Å². The van der Waals surface area contributed by atoms with Crippen LogP contribution in [-0.4, -0.2) is 32.7 Å². The van der Waals surface area contributed by atoms with Crippen LogP contribution in [-0.2, 0) is 13.1 Å². The van der Waals surface area contributed by atoms with Crippen molar-refractivity contribution in [1.29, 1.82) is 0 Å². The molecule has 136 valence electrons. The lowest BCUT2D eigenvalue weighted by molar-refractivity contribution is 0.0923. The van der Waals surface area contributed by atoms with E-state index in [1.54, 1.807) is 33.4 Å². The van der Waals surface area contributed by atoms with Crippen molar-refractivity contribution in [2.45, 2.75) is 33.0 Å². The van der Waals surface area contributed by atoms with Gasteiger partial charge in [0.25, 0.3) is 0 Å². The molecule has 3 aromatic rings. The van der Waals surface area contributed by atoms with Gasteiger partial charge in [-0.2, -0.15) is 0 Å². The summed E-state index contributed by atoms with van der Waals surface area (Å²) in [4.78, 5) is 24.0. The summed E-state index contributed by atoms with van der Waals surface area (Å²) in [7, 11) is 0. The fraction of sp³-hybridized carbons (Fsp3) is 0.300. The number of aryl methyl sites for hydroxylation is 1. The number of fused-ring (bicyclic) bond motifs is 1. The molecule has 1 aromatic heterocycles. The van der Waals surface area contributed by atoms with Crippen LogP contribution in [0.1, 0.15) is 24.2 Å². The van der Waals surface area contributed by atoms with Crippen molar-refractivity contribution in [3.8, 4) is 5.75 Å². The van der Waals surface area contributed by atoms with Crippen LogP contribution in [0.2, 0.25) is 0 Å². The molecule has 0 fully saturated rings. The van der Waals surface area contributed by atoms with Crippen molar-refractivity contribution in [2.24, 2.45) is 0 Å². The molecular weight excluding hydrogens is 332 g/mol. The molecule has 0 saturated heterocycles. The fourth-order valence-electron chi connectivity index (χ4n) is 3.02. The second kappa shape index (κ2) is 7.58. The first kappa shape index (κ1) is 17.9. The molecule has 0 unspecified atom stereocenters. The molecule has 3 rings (SSSR count). The Morgan fingerprint density at radius 1 is 1.12 bits per heavy atom. The smallest absolute Gasteiger partial charge is 0.329 e. The molecule has 6 heteroatoms. The quantitative estimate of drug-likeness (QED) is 0.662. The summed E-state index contributed by atoms with van der Waals surface area (Å²) in [5, 5.41) is 10.3. The van der Waals surface area contributed by atoms with Crippen molar-refractivity contribution < 1.29 is 14.6 Å². The highest BCUT2D eigenvalue weighted by atomic mass is 16.5. The normalized spacial score (nSPS) is 12.3. The molecule has 0 spiro atoms. The summed E-state index contributed by atoms with van der Waals surface area (Å²) < 4.78 is 8.84. The van der Waals surface area contributed by atoms with Crippen LogP contribution >= 0.6 is 0 Å². The van der Waals surface area contributed by atoms with E-state index in [-0.39, 0.29) is 24.6 Å². The average Bonchev–Trinajstić information content (AvgIpc) is 2.91. The van der Waals surface area contributed by atoms with Gasteiger partial charge in [0.15, 0.2) is 5.78 Å². The van der Waals surface area contributed by atoms with E-state index in [1.807, 2.05) is 31.2 Å². The standard InChI is InChI=1S/C20H22N2O4/c1-3-21-18-9-4-5-10-19(18)22(20(21)25)12-16(24)13-26-17-8-6-7-15(11-17)14(2)23/h4-11,16,24H,3,12-13H2,1-2H3/t16-/m1/s1. The van der Waals surface area contributed by atoms with Crippen molar-refractivity contribution in [3.05, 3.63) is 64.6 Å². The summed E-state index contributed by atoms with van der Waals surface area (Å²) in [5.74, 6) is 0.468. The number of benzene rings is 2. The Kier molecular flexibility index (Phi) is 5.23. The zero-order valence-electron chi connectivity index (χ0n) is 14.9. The van der Waals surface area contributed by atoms with E-state index < -0.39 is 6.10 Å². The number of aromatic nitrogens is 2. The molecule has 2 aromatic carbocycles. The van der Waals surface area contributed by atoms with E-state index in [1.165, 1.54) is 6.92 Å². The van der Waals surface area contributed by atoms with Crippen LogP contribution < -0.4 is 10.4 Å². The first-order valence-electron chi connectivity index (χ1n) is 8.61. The van der Waals surface area contributed by atoms with Crippen molar-refractivity contribution in [2.75, 3.05) is 6.61 Å². The SMILES string of the molecule is CCn1c(=O)n(C[C@@H](O)COc2cccc(C(C)=O)c2)c2ccccc21. The van der Waals surface area contributed by atoms with Crippen molar-refractivity contribution in [3.63, 3.8) is 0 Å². The predicted molar refractivity (Wildman–Crippen MR) is 99.8 cm³/mol. The van der Waals surface area contributed by atoms with Gasteiger partial charge in [0, 0.05) is 12.1 Å². The second-order valence-corrected chi connectivity index (χ2v) is 6.17. The zero-order chi connectivity index (χ0) is 18.7. The third-order valence-electron chi connectivity index (χ3n) is 4.32. The van der Waals surface area contributed by atoms with Crippen LogP contribution in [0, 0.1) is 0 Å². The molecule has 0 aliphatic carbocycles. The number of carbonyl (C=O) groups excluding carboxylic acids is 1. The van der Waals surface area contributed by atoms with E-state index >= 15 is 0 Å². The summed E-state index contributed by atoms with van der Waals surface area (Å²) in [5.41, 5.74) is 2.05. The highest BCUT2D eigenvalue weighted by molar-refractivity contribution is 5.94. The largest absolute Gasteiger partial charge is 0.491 e. The lowest BCUT2D eigenvalue weighted by Gasteiger charge is -2.13. The van der Waals surface area contributed by atoms with Crippen LogP contribution in [0.25, 0.3) is 11.0 Å². The van der Waals surface area contributed by atoms with Gasteiger partial charge in [-0.15, -0.1) is 0 Å². The number of nitrogens with zero attached hydrogens (tertiary/aromatic N) is 2. The summed E-state index contributed by atoms with van der Waals surface area (Å²) in [6.45, 7) is 4.14. The number of aliphatic hydroxyl groups is 1. The molecule has 0 aliphatic rings. The maximum Gasteiger partial charge on any atom is 0.329 e. The number of para-hydroxylation sites is 2. The van der Waals surface area contributed by atoms with Crippen molar-refractivity contribution in [1.82, 2.24) is 9.13 Å². The van der Waals surface area contributed by atoms with Gasteiger partial charge in [-0.1, -0.05) is 24.3 Å². The number of hydrogen-bond acceptors (Lipinski definition) is 4. The molecule has 6 nitrogen and oxygen atoms in total. The minimum absolute atomic E-state index is 0.0272. The Labute approximate surface area is 151 Å².